The van der Waals surface area contributed by atoms with Crippen LogP contribution in [0.4, 0.5) is 0 Å². The molecule has 2 rings (SSSR count). The van der Waals surface area contributed by atoms with Crippen molar-refractivity contribution in [2.75, 3.05) is 7.11 Å². The average molecular weight is 346 g/mol. The van der Waals surface area contributed by atoms with Crippen LogP contribution in [-0.2, 0) is 11.2 Å². The highest BCUT2D eigenvalue weighted by atomic mass is 127. The lowest BCUT2D eigenvalue weighted by atomic mass is 9.79. The predicted molar refractivity (Wildman–Crippen MR) is 77.1 cm³/mol. The maximum atomic E-state index is 10.6. The molecule has 0 spiro atoms. The highest BCUT2D eigenvalue weighted by molar-refractivity contribution is 14.1. The molecule has 1 aliphatic rings. The van der Waals surface area contributed by atoms with Crippen molar-refractivity contribution in [2.24, 2.45) is 0 Å². The van der Waals surface area contributed by atoms with Crippen LogP contribution < -0.4 is 0 Å². The molecule has 0 saturated heterocycles. The van der Waals surface area contributed by atoms with E-state index in [-0.39, 0.29) is 6.10 Å². The Hall–Kier alpha value is -0.130. The molecule has 0 aromatic heterocycles. The van der Waals surface area contributed by atoms with Crippen LogP contribution in [-0.4, -0.2) is 23.9 Å². The van der Waals surface area contributed by atoms with Gasteiger partial charge < -0.3 is 9.84 Å². The van der Waals surface area contributed by atoms with Crippen molar-refractivity contribution < 1.29 is 9.84 Å². The van der Waals surface area contributed by atoms with Gasteiger partial charge in [0.15, 0.2) is 0 Å². The molecule has 1 N–H and O–H groups in total. The van der Waals surface area contributed by atoms with Gasteiger partial charge in [-0.15, -0.1) is 0 Å². The second-order valence-electron chi connectivity index (χ2n) is 4.98. The number of aliphatic hydroxyl groups is 1. The summed E-state index contributed by atoms with van der Waals surface area (Å²) in [4.78, 5) is 0. The molecule has 1 saturated carbocycles. The van der Waals surface area contributed by atoms with Crippen molar-refractivity contribution >= 4 is 22.6 Å². The molecule has 1 aromatic carbocycles. The van der Waals surface area contributed by atoms with Crippen LogP contribution in [0.25, 0.3) is 0 Å². The lowest BCUT2D eigenvalue weighted by molar-refractivity contribution is -0.0581. The van der Waals surface area contributed by atoms with E-state index < -0.39 is 5.60 Å². The largest absolute Gasteiger partial charge is 0.389 e. The van der Waals surface area contributed by atoms with Gasteiger partial charge in [0.25, 0.3) is 0 Å². The fourth-order valence-corrected chi connectivity index (χ4v) is 2.99. The van der Waals surface area contributed by atoms with E-state index >= 15 is 0 Å². The first-order valence-corrected chi connectivity index (χ1v) is 7.19. The van der Waals surface area contributed by atoms with Gasteiger partial charge in [-0.2, -0.15) is 0 Å². The van der Waals surface area contributed by atoms with E-state index in [0.717, 1.165) is 32.1 Å². The molecule has 0 heterocycles. The van der Waals surface area contributed by atoms with Crippen molar-refractivity contribution in [3.63, 3.8) is 0 Å². The SMILES string of the molecule is COC1CCCC(O)(Cc2ccc(I)cc2)C1. The molecule has 2 atom stereocenters. The molecule has 94 valence electrons. The van der Waals surface area contributed by atoms with E-state index in [1.807, 2.05) is 0 Å². The number of rotatable bonds is 3. The molecule has 0 aliphatic heterocycles. The molecule has 0 bridgehead atoms. The fraction of sp³-hybridized carbons (Fsp3) is 0.571. The van der Waals surface area contributed by atoms with Gasteiger partial charge in [-0.25, -0.2) is 0 Å². The zero-order valence-electron chi connectivity index (χ0n) is 10.2. The standard InChI is InChI=1S/C14H19IO2/c1-17-13-3-2-8-14(16,10-13)9-11-4-6-12(15)7-5-11/h4-7,13,16H,2-3,8-10H2,1H3. The third-order valence-corrected chi connectivity index (χ3v) is 4.27. The Bertz CT molecular complexity index is 363. The summed E-state index contributed by atoms with van der Waals surface area (Å²) in [5.41, 5.74) is 0.635. The Morgan fingerprint density at radius 2 is 2.12 bits per heavy atom. The normalized spacial score (nSPS) is 29.2. The first-order chi connectivity index (χ1) is 8.11. The van der Waals surface area contributed by atoms with Crippen molar-refractivity contribution in [1.82, 2.24) is 0 Å². The molecule has 3 heteroatoms. The summed E-state index contributed by atoms with van der Waals surface area (Å²) < 4.78 is 6.62. The zero-order valence-corrected chi connectivity index (χ0v) is 12.3. The lowest BCUT2D eigenvalue weighted by Gasteiger charge is -2.36. The Morgan fingerprint density at radius 1 is 1.41 bits per heavy atom. The van der Waals surface area contributed by atoms with Crippen LogP contribution in [0, 0.1) is 3.57 Å². The average Bonchev–Trinajstić information content (AvgIpc) is 2.32. The van der Waals surface area contributed by atoms with E-state index in [1.54, 1.807) is 7.11 Å². The third kappa shape index (κ3) is 3.66. The van der Waals surface area contributed by atoms with Gasteiger partial charge in [0.05, 0.1) is 11.7 Å². The third-order valence-electron chi connectivity index (χ3n) is 3.56. The molecule has 0 amide bonds. The lowest BCUT2D eigenvalue weighted by Crippen LogP contribution is -2.40. The van der Waals surface area contributed by atoms with E-state index in [1.165, 1.54) is 9.13 Å². The number of methoxy groups -OCH3 is 1. The van der Waals surface area contributed by atoms with Crippen LogP contribution in [0.5, 0.6) is 0 Å². The number of benzene rings is 1. The number of halogens is 1. The molecule has 0 radical (unpaired) electrons. The van der Waals surface area contributed by atoms with Crippen molar-refractivity contribution in [3.8, 4) is 0 Å². The molecule has 1 aromatic rings. The summed E-state index contributed by atoms with van der Waals surface area (Å²) in [5.74, 6) is 0. The summed E-state index contributed by atoms with van der Waals surface area (Å²) in [6.45, 7) is 0. The molecular formula is C14H19IO2. The topological polar surface area (TPSA) is 29.5 Å². The van der Waals surface area contributed by atoms with Gasteiger partial charge in [-0.1, -0.05) is 12.1 Å². The monoisotopic (exact) mass is 346 g/mol. The minimum atomic E-state index is -0.578. The number of hydrogen-bond donors (Lipinski definition) is 1. The highest BCUT2D eigenvalue weighted by Gasteiger charge is 2.34. The van der Waals surface area contributed by atoms with Crippen molar-refractivity contribution in [1.29, 1.82) is 0 Å². The second kappa shape index (κ2) is 5.67. The fourth-order valence-electron chi connectivity index (χ4n) is 2.63. The van der Waals surface area contributed by atoms with Gasteiger partial charge in [-0.05, 0) is 59.5 Å². The summed E-state index contributed by atoms with van der Waals surface area (Å²) in [6, 6.07) is 8.40. The van der Waals surface area contributed by atoms with Crippen molar-refractivity contribution in [2.45, 2.75) is 43.8 Å². The molecule has 1 aliphatic carbocycles. The summed E-state index contributed by atoms with van der Waals surface area (Å²) in [7, 11) is 1.74. The van der Waals surface area contributed by atoms with Crippen molar-refractivity contribution in [3.05, 3.63) is 33.4 Å². The van der Waals surface area contributed by atoms with Gasteiger partial charge in [0, 0.05) is 23.5 Å². The molecule has 2 unspecified atom stereocenters. The van der Waals surface area contributed by atoms with Crippen LogP contribution in [0.3, 0.4) is 0 Å². The smallest absolute Gasteiger partial charge is 0.0712 e. The maximum absolute atomic E-state index is 10.6. The Balaban J connectivity index is 2.03. The molecular weight excluding hydrogens is 327 g/mol. The van der Waals surface area contributed by atoms with Crippen LogP contribution >= 0.6 is 22.6 Å². The van der Waals surface area contributed by atoms with E-state index in [9.17, 15) is 5.11 Å². The molecule has 1 fully saturated rings. The molecule has 17 heavy (non-hydrogen) atoms. The molecule has 2 nitrogen and oxygen atoms in total. The van der Waals surface area contributed by atoms with E-state index in [2.05, 4.69) is 46.9 Å². The Labute approximate surface area is 117 Å². The van der Waals surface area contributed by atoms with Gasteiger partial charge in [0.1, 0.15) is 0 Å². The number of hydrogen-bond acceptors (Lipinski definition) is 2. The van der Waals surface area contributed by atoms with Crippen LogP contribution in [0.1, 0.15) is 31.2 Å². The predicted octanol–water partition coefficient (Wildman–Crippen LogP) is 3.15. The van der Waals surface area contributed by atoms with Gasteiger partial charge in [0.2, 0.25) is 0 Å². The maximum Gasteiger partial charge on any atom is 0.0712 e. The van der Waals surface area contributed by atoms with Crippen LogP contribution in [0.15, 0.2) is 24.3 Å². The second-order valence-corrected chi connectivity index (χ2v) is 6.23. The quantitative estimate of drug-likeness (QED) is 0.852. The summed E-state index contributed by atoms with van der Waals surface area (Å²) >= 11 is 2.30. The Morgan fingerprint density at radius 3 is 2.76 bits per heavy atom. The first-order valence-electron chi connectivity index (χ1n) is 6.11. The highest BCUT2D eigenvalue weighted by Crippen LogP contribution is 2.32. The number of ether oxygens (including phenoxy) is 1. The minimum Gasteiger partial charge on any atom is -0.389 e. The van der Waals surface area contributed by atoms with E-state index in [0.29, 0.717) is 0 Å². The van der Waals surface area contributed by atoms with E-state index in [4.69, 9.17) is 4.74 Å². The van der Waals surface area contributed by atoms with Gasteiger partial charge in [-0.3, -0.25) is 0 Å². The minimum absolute atomic E-state index is 0.220. The Kier molecular flexibility index (Phi) is 4.44. The first kappa shape index (κ1) is 13.3. The summed E-state index contributed by atoms with van der Waals surface area (Å²) in [6.07, 6.45) is 4.74. The van der Waals surface area contributed by atoms with Crippen LogP contribution in [0.2, 0.25) is 0 Å². The van der Waals surface area contributed by atoms with Gasteiger partial charge >= 0.3 is 0 Å². The zero-order chi connectivity index (χ0) is 12.3. The summed E-state index contributed by atoms with van der Waals surface area (Å²) in [5, 5.41) is 10.6.